The second-order valence-electron chi connectivity index (χ2n) is 5.54. The highest BCUT2D eigenvalue weighted by Gasteiger charge is 2.17. The Bertz CT molecular complexity index is 833. The molecule has 0 aliphatic carbocycles. The maximum atomic E-state index is 12.3. The molecular formula is C18H19N3O3. The van der Waals surface area contributed by atoms with Gasteiger partial charge in [-0.3, -0.25) is 4.79 Å². The molecule has 3 rings (SSSR count). The third-order valence-electron chi connectivity index (χ3n) is 3.68. The van der Waals surface area contributed by atoms with Crippen LogP contribution in [-0.2, 0) is 0 Å². The van der Waals surface area contributed by atoms with Crippen LogP contribution in [0.25, 0.3) is 11.3 Å². The smallest absolute Gasteiger partial charge is 0.287 e. The summed E-state index contributed by atoms with van der Waals surface area (Å²) in [7, 11) is 1.62. The van der Waals surface area contributed by atoms with Gasteiger partial charge in [0.05, 0.1) is 13.2 Å². The molecule has 1 amide bonds. The summed E-state index contributed by atoms with van der Waals surface area (Å²) in [6.07, 6.45) is 1.73. The van der Waals surface area contributed by atoms with Gasteiger partial charge in [-0.2, -0.15) is 0 Å². The van der Waals surface area contributed by atoms with Crippen LogP contribution in [0.15, 0.2) is 47.0 Å². The highest BCUT2D eigenvalue weighted by Crippen LogP contribution is 2.24. The fraction of sp³-hybridized carbons (Fsp3) is 0.222. The minimum Gasteiger partial charge on any atom is -0.497 e. The van der Waals surface area contributed by atoms with Gasteiger partial charge in [-0.05, 0) is 50.2 Å². The maximum Gasteiger partial charge on any atom is 0.287 e. The Hall–Kier alpha value is -3.02. The van der Waals surface area contributed by atoms with Crippen LogP contribution in [0.4, 0.5) is 0 Å². The minimum absolute atomic E-state index is 0.235. The molecule has 2 heterocycles. The van der Waals surface area contributed by atoms with E-state index in [0.29, 0.717) is 11.6 Å². The predicted octanol–water partition coefficient (Wildman–Crippen LogP) is 3.48. The number of aryl methyl sites for hydroxylation is 1. The summed E-state index contributed by atoms with van der Waals surface area (Å²) >= 11 is 0. The summed E-state index contributed by atoms with van der Waals surface area (Å²) in [6.45, 7) is 3.78. The predicted molar refractivity (Wildman–Crippen MR) is 89.9 cm³/mol. The van der Waals surface area contributed by atoms with Crippen molar-refractivity contribution in [2.45, 2.75) is 19.9 Å². The maximum absolute atomic E-state index is 12.3. The largest absolute Gasteiger partial charge is 0.497 e. The summed E-state index contributed by atoms with van der Waals surface area (Å²) < 4.78 is 10.8. The van der Waals surface area contributed by atoms with Crippen molar-refractivity contribution >= 4 is 5.91 Å². The molecule has 0 saturated heterocycles. The van der Waals surface area contributed by atoms with E-state index in [0.717, 1.165) is 17.0 Å². The van der Waals surface area contributed by atoms with Crippen molar-refractivity contribution in [2.24, 2.45) is 0 Å². The Kier molecular flexibility index (Phi) is 4.37. The first-order valence-corrected chi connectivity index (χ1v) is 7.63. The van der Waals surface area contributed by atoms with Gasteiger partial charge in [0.1, 0.15) is 17.3 Å². The monoisotopic (exact) mass is 325 g/mol. The first-order valence-electron chi connectivity index (χ1n) is 7.63. The van der Waals surface area contributed by atoms with Crippen LogP contribution in [0.3, 0.4) is 0 Å². The van der Waals surface area contributed by atoms with E-state index in [2.05, 4.69) is 15.3 Å². The first kappa shape index (κ1) is 15.9. The number of methoxy groups -OCH3 is 1. The van der Waals surface area contributed by atoms with Gasteiger partial charge in [-0.1, -0.05) is 0 Å². The molecule has 2 N–H and O–H groups in total. The van der Waals surface area contributed by atoms with Crippen LogP contribution < -0.4 is 10.1 Å². The van der Waals surface area contributed by atoms with Gasteiger partial charge in [-0.15, -0.1) is 0 Å². The zero-order valence-electron chi connectivity index (χ0n) is 13.8. The van der Waals surface area contributed by atoms with E-state index in [1.54, 1.807) is 25.4 Å². The third kappa shape index (κ3) is 3.32. The molecule has 3 aromatic rings. The molecule has 6 nitrogen and oxygen atoms in total. The van der Waals surface area contributed by atoms with Crippen molar-refractivity contribution < 1.29 is 13.9 Å². The third-order valence-corrected chi connectivity index (χ3v) is 3.68. The van der Waals surface area contributed by atoms with Crippen LogP contribution in [-0.4, -0.2) is 23.0 Å². The topological polar surface area (TPSA) is 80.1 Å². The first-order chi connectivity index (χ1) is 11.6. The lowest BCUT2D eigenvalue weighted by molar-refractivity contribution is 0.0911. The normalized spacial score (nSPS) is 12.0. The van der Waals surface area contributed by atoms with E-state index >= 15 is 0 Å². The number of nitrogens with zero attached hydrogens (tertiary/aromatic N) is 1. The summed E-state index contributed by atoms with van der Waals surface area (Å²) in [5.41, 5.74) is 1.83. The average molecular weight is 325 g/mol. The molecule has 2 aromatic heterocycles. The molecule has 24 heavy (non-hydrogen) atoms. The number of ether oxygens (including phenoxy) is 1. The molecule has 1 aromatic carbocycles. The van der Waals surface area contributed by atoms with Gasteiger partial charge in [-0.25, -0.2) is 4.98 Å². The van der Waals surface area contributed by atoms with Crippen molar-refractivity contribution in [3.8, 4) is 17.1 Å². The molecule has 0 fully saturated rings. The number of hydrogen-bond donors (Lipinski definition) is 2. The zero-order chi connectivity index (χ0) is 17.1. The Balaban J connectivity index is 1.71. The van der Waals surface area contributed by atoms with Crippen LogP contribution >= 0.6 is 0 Å². The highest BCUT2D eigenvalue weighted by molar-refractivity contribution is 5.92. The number of aromatic amines is 1. The van der Waals surface area contributed by atoms with Crippen LogP contribution in [0.2, 0.25) is 0 Å². The second kappa shape index (κ2) is 6.62. The number of aromatic nitrogens is 2. The Labute approximate surface area is 139 Å². The van der Waals surface area contributed by atoms with Gasteiger partial charge >= 0.3 is 0 Å². The molecule has 1 atom stereocenters. The molecule has 1 unspecified atom stereocenters. The molecule has 0 bridgehead atoms. The number of furan rings is 1. The van der Waals surface area contributed by atoms with E-state index in [9.17, 15) is 4.79 Å². The summed E-state index contributed by atoms with van der Waals surface area (Å²) in [4.78, 5) is 19.6. The molecule has 0 saturated carbocycles. The molecular weight excluding hydrogens is 306 g/mol. The van der Waals surface area contributed by atoms with Crippen LogP contribution in [0.1, 0.15) is 35.0 Å². The summed E-state index contributed by atoms with van der Waals surface area (Å²) in [5.74, 6) is 2.09. The fourth-order valence-corrected chi connectivity index (χ4v) is 2.36. The Morgan fingerprint density at radius 3 is 2.62 bits per heavy atom. The van der Waals surface area contributed by atoms with Gasteiger partial charge < -0.3 is 19.5 Å². The van der Waals surface area contributed by atoms with E-state index < -0.39 is 0 Å². The zero-order valence-corrected chi connectivity index (χ0v) is 13.8. The molecule has 124 valence electrons. The van der Waals surface area contributed by atoms with Crippen LogP contribution in [0.5, 0.6) is 5.75 Å². The van der Waals surface area contributed by atoms with Gasteiger partial charge in [0, 0.05) is 17.5 Å². The van der Waals surface area contributed by atoms with Crippen molar-refractivity contribution in [3.63, 3.8) is 0 Å². The lowest BCUT2D eigenvalue weighted by atomic mass is 10.2. The van der Waals surface area contributed by atoms with Crippen molar-refractivity contribution in [2.75, 3.05) is 7.11 Å². The number of carbonyl (C=O) groups excluding carboxylic acids is 1. The van der Waals surface area contributed by atoms with Crippen LogP contribution in [0, 0.1) is 6.92 Å². The number of hydrogen-bond acceptors (Lipinski definition) is 4. The van der Waals surface area contributed by atoms with Gasteiger partial charge in [0.15, 0.2) is 5.76 Å². The Morgan fingerprint density at radius 1 is 1.25 bits per heavy atom. The lowest BCUT2D eigenvalue weighted by Crippen LogP contribution is -2.27. The van der Waals surface area contributed by atoms with Crippen molar-refractivity contribution in [3.05, 3.63) is 59.9 Å². The molecule has 0 radical (unpaired) electrons. The van der Waals surface area contributed by atoms with Gasteiger partial charge in [0.2, 0.25) is 0 Å². The average Bonchev–Trinajstić information content (AvgIpc) is 3.24. The quantitative estimate of drug-likeness (QED) is 0.752. The van der Waals surface area contributed by atoms with Crippen molar-refractivity contribution in [1.29, 1.82) is 0 Å². The molecule has 0 aliphatic rings. The number of H-pyrrole nitrogens is 1. The van der Waals surface area contributed by atoms with E-state index in [1.807, 2.05) is 38.1 Å². The number of nitrogens with one attached hydrogen (secondary N) is 2. The van der Waals surface area contributed by atoms with Gasteiger partial charge in [0.25, 0.3) is 5.91 Å². The summed E-state index contributed by atoms with van der Waals surface area (Å²) in [6, 6.07) is 10.7. The molecule has 6 heteroatoms. The number of carbonyl (C=O) groups is 1. The standard InChI is InChI=1S/C18H19N3O3/c1-11-10-19-17(20-11)12(2)21-18(22)16-9-8-15(24-16)13-4-6-14(23-3)7-5-13/h4-10,12H,1-3H3,(H,19,20)(H,21,22). The minimum atomic E-state index is -0.281. The highest BCUT2D eigenvalue weighted by atomic mass is 16.5. The lowest BCUT2D eigenvalue weighted by Gasteiger charge is -2.10. The number of benzene rings is 1. The SMILES string of the molecule is COc1ccc(-c2ccc(C(=O)NC(C)c3ncc(C)[nH]3)o2)cc1. The number of amides is 1. The summed E-state index contributed by atoms with van der Waals surface area (Å²) in [5, 5.41) is 2.86. The van der Waals surface area contributed by atoms with E-state index in [4.69, 9.17) is 9.15 Å². The van der Waals surface area contributed by atoms with E-state index in [1.165, 1.54) is 0 Å². The number of rotatable bonds is 5. The number of imidazole rings is 1. The molecule has 0 spiro atoms. The molecule has 0 aliphatic heterocycles. The van der Waals surface area contributed by atoms with E-state index in [-0.39, 0.29) is 17.7 Å². The Morgan fingerprint density at radius 2 is 2.00 bits per heavy atom. The van der Waals surface area contributed by atoms with Crippen molar-refractivity contribution in [1.82, 2.24) is 15.3 Å². The fourth-order valence-electron chi connectivity index (χ4n) is 2.36. The second-order valence-corrected chi connectivity index (χ2v) is 5.54.